The van der Waals surface area contributed by atoms with Gasteiger partial charge in [-0.05, 0) is 48.2 Å². The SMILES string of the molecule is CC(C)C(=O)Nc1cccc(CNC(=O)C2(c3ccc(Br)cc3)CC2)c1. The minimum atomic E-state index is -0.385. The molecule has 0 radical (unpaired) electrons. The van der Waals surface area contributed by atoms with Crippen molar-refractivity contribution in [3.05, 3.63) is 64.1 Å². The van der Waals surface area contributed by atoms with E-state index in [2.05, 4.69) is 26.6 Å². The topological polar surface area (TPSA) is 58.2 Å². The molecule has 2 N–H and O–H groups in total. The van der Waals surface area contributed by atoms with Crippen LogP contribution < -0.4 is 10.6 Å². The maximum Gasteiger partial charge on any atom is 0.230 e. The van der Waals surface area contributed by atoms with Crippen molar-refractivity contribution in [2.45, 2.75) is 38.6 Å². The van der Waals surface area contributed by atoms with Crippen LogP contribution in [-0.2, 0) is 21.5 Å². The third-order valence-corrected chi connectivity index (χ3v) is 5.28. The van der Waals surface area contributed by atoms with E-state index < -0.39 is 0 Å². The molecule has 136 valence electrons. The van der Waals surface area contributed by atoms with E-state index in [1.165, 1.54) is 0 Å². The number of anilines is 1. The van der Waals surface area contributed by atoms with E-state index in [1.54, 1.807) is 0 Å². The third-order valence-electron chi connectivity index (χ3n) is 4.75. The number of carbonyl (C=O) groups excluding carboxylic acids is 2. The van der Waals surface area contributed by atoms with Crippen LogP contribution in [-0.4, -0.2) is 11.8 Å². The maximum absolute atomic E-state index is 12.7. The van der Waals surface area contributed by atoms with Gasteiger partial charge in [-0.15, -0.1) is 0 Å². The van der Waals surface area contributed by atoms with Crippen molar-refractivity contribution in [1.29, 1.82) is 0 Å². The average Bonchev–Trinajstić information content (AvgIpc) is 3.42. The van der Waals surface area contributed by atoms with Gasteiger partial charge in [0.2, 0.25) is 11.8 Å². The van der Waals surface area contributed by atoms with Gasteiger partial charge in [-0.3, -0.25) is 9.59 Å². The summed E-state index contributed by atoms with van der Waals surface area (Å²) in [5.74, 6) is -0.0196. The molecule has 0 aromatic heterocycles. The zero-order valence-corrected chi connectivity index (χ0v) is 16.6. The molecule has 0 saturated heterocycles. The molecule has 2 aromatic carbocycles. The first kappa shape index (κ1) is 18.6. The molecule has 1 aliphatic rings. The molecule has 0 heterocycles. The highest BCUT2D eigenvalue weighted by molar-refractivity contribution is 9.10. The second kappa shape index (κ2) is 7.62. The van der Waals surface area contributed by atoms with Crippen LogP contribution in [0.2, 0.25) is 0 Å². The fraction of sp³-hybridized carbons (Fsp3) is 0.333. The highest BCUT2D eigenvalue weighted by atomic mass is 79.9. The first-order valence-corrected chi connectivity index (χ1v) is 9.64. The number of carbonyl (C=O) groups is 2. The number of hydrogen-bond donors (Lipinski definition) is 2. The highest BCUT2D eigenvalue weighted by Gasteiger charge is 2.50. The van der Waals surface area contributed by atoms with Gasteiger partial charge in [-0.25, -0.2) is 0 Å². The minimum absolute atomic E-state index is 0.0154. The summed E-state index contributed by atoms with van der Waals surface area (Å²) in [6, 6.07) is 15.6. The first-order valence-electron chi connectivity index (χ1n) is 8.85. The second-order valence-electron chi connectivity index (χ2n) is 7.12. The largest absolute Gasteiger partial charge is 0.351 e. The average molecular weight is 415 g/mol. The monoisotopic (exact) mass is 414 g/mol. The Morgan fingerprint density at radius 1 is 1.12 bits per heavy atom. The van der Waals surface area contributed by atoms with Crippen molar-refractivity contribution in [3.8, 4) is 0 Å². The third kappa shape index (κ3) is 4.15. The molecule has 26 heavy (non-hydrogen) atoms. The molecule has 1 aliphatic carbocycles. The fourth-order valence-electron chi connectivity index (χ4n) is 2.94. The van der Waals surface area contributed by atoms with Gasteiger partial charge in [0.05, 0.1) is 5.41 Å². The summed E-state index contributed by atoms with van der Waals surface area (Å²) < 4.78 is 1.01. The fourth-order valence-corrected chi connectivity index (χ4v) is 3.20. The van der Waals surface area contributed by atoms with Crippen LogP contribution in [0.15, 0.2) is 53.0 Å². The summed E-state index contributed by atoms with van der Waals surface area (Å²) in [6.07, 6.45) is 1.76. The van der Waals surface area contributed by atoms with Gasteiger partial charge >= 0.3 is 0 Å². The van der Waals surface area contributed by atoms with Crippen LogP contribution in [0.25, 0.3) is 0 Å². The van der Waals surface area contributed by atoms with Gasteiger partial charge in [0, 0.05) is 22.6 Å². The van der Waals surface area contributed by atoms with Gasteiger partial charge in [0.1, 0.15) is 0 Å². The highest BCUT2D eigenvalue weighted by Crippen LogP contribution is 2.48. The van der Waals surface area contributed by atoms with E-state index in [0.717, 1.165) is 34.1 Å². The molecule has 2 amide bonds. The normalized spacial score (nSPS) is 14.8. The van der Waals surface area contributed by atoms with Crippen molar-refractivity contribution in [1.82, 2.24) is 5.32 Å². The number of amides is 2. The van der Waals surface area contributed by atoms with E-state index in [1.807, 2.05) is 62.4 Å². The lowest BCUT2D eigenvalue weighted by atomic mass is 9.95. The van der Waals surface area contributed by atoms with Crippen LogP contribution in [0.3, 0.4) is 0 Å². The molecule has 0 spiro atoms. The lowest BCUT2D eigenvalue weighted by Crippen LogP contribution is -2.34. The molecule has 0 atom stereocenters. The lowest BCUT2D eigenvalue weighted by Gasteiger charge is -2.16. The Morgan fingerprint density at radius 3 is 2.42 bits per heavy atom. The summed E-state index contributed by atoms with van der Waals surface area (Å²) in [4.78, 5) is 24.6. The van der Waals surface area contributed by atoms with Crippen molar-refractivity contribution < 1.29 is 9.59 Å². The Labute approximate surface area is 162 Å². The predicted molar refractivity (Wildman–Crippen MR) is 107 cm³/mol. The van der Waals surface area contributed by atoms with Crippen molar-refractivity contribution >= 4 is 33.4 Å². The zero-order chi connectivity index (χ0) is 18.7. The van der Waals surface area contributed by atoms with E-state index in [-0.39, 0.29) is 23.1 Å². The minimum Gasteiger partial charge on any atom is -0.351 e. The maximum atomic E-state index is 12.7. The first-order chi connectivity index (χ1) is 12.4. The molecule has 1 saturated carbocycles. The summed E-state index contributed by atoms with van der Waals surface area (Å²) in [5, 5.41) is 5.94. The summed E-state index contributed by atoms with van der Waals surface area (Å²) in [5.41, 5.74) is 2.40. The molecule has 5 heteroatoms. The zero-order valence-electron chi connectivity index (χ0n) is 15.0. The van der Waals surface area contributed by atoms with E-state index >= 15 is 0 Å². The van der Waals surface area contributed by atoms with Crippen LogP contribution >= 0.6 is 15.9 Å². The van der Waals surface area contributed by atoms with Crippen LogP contribution in [0.1, 0.15) is 37.8 Å². The molecule has 4 nitrogen and oxygen atoms in total. The Kier molecular flexibility index (Phi) is 5.47. The number of hydrogen-bond acceptors (Lipinski definition) is 2. The van der Waals surface area contributed by atoms with E-state index in [4.69, 9.17) is 0 Å². The Balaban J connectivity index is 1.63. The molecule has 0 unspecified atom stereocenters. The van der Waals surface area contributed by atoms with Crippen LogP contribution in [0, 0.1) is 5.92 Å². The van der Waals surface area contributed by atoms with E-state index in [0.29, 0.717) is 6.54 Å². The van der Waals surface area contributed by atoms with Crippen LogP contribution in [0.5, 0.6) is 0 Å². The molecular formula is C21H23BrN2O2. The smallest absolute Gasteiger partial charge is 0.230 e. The van der Waals surface area contributed by atoms with Crippen molar-refractivity contribution in [2.24, 2.45) is 5.92 Å². The summed E-state index contributed by atoms with van der Waals surface area (Å²) >= 11 is 3.43. The quantitative estimate of drug-likeness (QED) is 0.735. The van der Waals surface area contributed by atoms with Crippen molar-refractivity contribution in [2.75, 3.05) is 5.32 Å². The van der Waals surface area contributed by atoms with Crippen molar-refractivity contribution in [3.63, 3.8) is 0 Å². The molecule has 0 aliphatic heterocycles. The van der Waals surface area contributed by atoms with Gasteiger partial charge < -0.3 is 10.6 Å². The summed E-state index contributed by atoms with van der Waals surface area (Å²) in [7, 11) is 0. The number of nitrogens with one attached hydrogen (secondary N) is 2. The molecular weight excluding hydrogens is 392 g/mol. The second-order valence-corrected chi connectivity index (χ2v) is 8.03. The van der Waals surface area contributed by atoms with E-state index in [9.17, 15) is 9.59 Å². The number of rotatable bonds is 6. The molecule has 3 rings (SSSR count). The van der Waals surface area contributed by atoms with Gasteiger partial charge in [0.15, 0.2) is 0 Å². The van der Waals surface area contributed by atoms with Gasteiger partial charge in [0.25, 0.3) is 0 Å². The molecule has 0 bridgehead atoms. The Hall–Kier alpha value is -2.14. The van der Waals surface area contributed by atoms with Crippen LogP contribution in [0.4, 0.5) is 5.69 Å². The standard InChI is InChI=1S/C21H23BrN2O2/c1-14(2)19(25)24-18-5-3-4-15(12-18)13-23-20(26)21(10-11-21)16-6-8-17(22)9-7-16/h3-9,12,14H,10-11,13H2,1-2H3,(H,23,26)(H,24,25). The van der Waals surface area contributed by atoms with Gasteiger partial charge in [-0.2, -0.15) is 0 Å². The molecule has 2 aromatic rings. The molecule has 1 fully saturated rings. The Morgan fingerprint density at radius 2 is 1.81 bits per heavy atom. The number of halogens is 1. The summed E-state index contributed by atoms with van der Waals surface area (Å²) in [6.45, 7) is 4.16. The van der Waals surface area contributed by atoms with Gasteiger partial charge in [-0.1, -0.05) is 54.0 Å². The predicted octanol–water partition coefficient (Wildman–Crippen LogP) is 4.39. The Bertz CT molecular complexity index is 811. The lowest BCUT2D eigenvalue weighted by molar-refractivity contribution is -0.123. The number of benzene rings is 2.